The molecule has 1 aromatic rings. The minimum atomic E-state index is -0.727. The van der Waals surface area contributed by atoms with Crippen molar-refractivity contribution < 1.29 is 52.4 Å². The number of Topliss-reactive ketones (excluding diaryl/α,β-unsaturated/α-hetero) is 2. The van der Waals surface area contributed by atoms with E-state index in [1.807, 2.05) is 76.9 Å². The molecule has 14 nitrogen and oxygen atoms in total. The maximum Gasteiger partial charge on any atom is 0.309 e. The second-order valence-electron chi connectivity index (χ2n) is 19.0. The largest absolute Gasteiger partial charge is 0.463 e. The number of likely N-dealkylation sites (tertiary alicyclic amines) is 1. The lowest BCUT2D eigenvalue weighted by Gasteiger charge is -2.41. The molecule has 0 aromatic heterocycles. The number of rotatable bonds is 33. The summed E-state index contributed by atoms with van der Waals surface area (Å²) in [5.74, 6) is -2.77. The molecule has 2 amide bonds. The van der Waals surface area contributed by atoms with Gasteiger partial charge < -0.3 is 38.2 Å². The molecule has 0 spiro atoms. The van der Waals surface area contributed by atoms with Crippen molar-refractivity contribution in [3.8, 4) is 0 Å². The van der Waals surface area contributed by atoms with Gasteiger partial charge in [0.05, 0.1) is 75.7 Å². The van der Waals surface area contributed by atoms with Gasteiger partial charge in [0.1, 0.15) is 12.4 Å². The molecule has 1 aromatic carbocycles. The number of hydrogen-bond acceptors (Lipinski definition) is 12. The van der Waals surface area contributed by atoms with Crippen molar-refractivity contribution in [2.24, 2.45) is 35.5 Å². The molecule has 2 rings (SSSR count). The maximum absolute atomic E-state index is 14.5. The lowest BCUT2D eigenvalue weighted by Crippen LogP contribution is -2.54. The summed E-state index contributed by atoms with van der Waals surface area (Å²) in [6, 6.07) is 8.58. The summed E-state index contributed by atoms with van der Waals surface area (Å²) in [5, 5.41) is 0. The lowest BCUT2D eigenvalue weighted by atomic mass is 9.83. The van der Waals surface area contributed by atoms with E-state index in [0.717, 1.165) is 18.4 Å². The molecule has 9 atom stereocenters. The number of methoxy groups -OCH3 is 3. The van der Waals surface area contributed by atoms with Gasteiger partial charge in [-0.05, 0) is 63.5 Å². The van der Waals surface area contributed by atoms with Crippen molar-refractivity contribution in [3.05, 3.63) is 35.9 Å². The topological polar surface area (TPSA) is 150 Å². The molecule has 0 aliphatic carbocycles. The van der Waals surface area contributed by atoms with Gasteiger partial charge >= 0.3 is 5.97 Å². The van der Waals surface area contributed by atoms with E-state index in [4.69, 9.17) is 28.4 Å². The van der Waals surface area contributed by atoms with Gasteiger partial charge in [-0.3, -0.25) is 28.9 Å². The van der Waals surface area contributed by atoms with Crippen LogP contribution in [0.1, 0.15) is 106 Å². The number of carbonyl (C=O) groups excluding carboxylic acids is 5. The zero-order valence-electron chi connectivity index (χ0n) is 42.5. The molecule has 14 heteroatoms. The molecule has 1 aliphatic heterocycles. The second kappa shape index (κ2) is 30.2. The lowest BCUT2D eigenvalue weighted by molar-refractivity contribution is -0.153. The van der Waals surface area contributed by atoms with Crippen LogP contribution in [-0.2, 0) is 58.8 Å². The van der Waals surface area contributed by atoms with Crippen LogP contribution in [0.25, 0.3) is 0 Å². The number of nitrogens with zero attached hydrogens (tertiary/aromatic N) is 3. The predicted molar refractivity (Wildman–Crippen MR) is 253 cm³/mol. The molecule has 0 saturated carbocycles. The monoisotopic (exact) mass is 918 g/mol. The molecule has 1 heterocycles. The molecule has 65 heavy (non-hydrogen) atoms. The fraction of sp³-hybridized carbons (Fsp3) is 0.784. The summed E-state index contributed by atoms with van der Waals surface area (Å²) >= 11 is 0. The average Bonchev–Trinajstić information content (AvgIpc) is 3.76. The van der Waals surface area contributed by atoms with E-state index >= 15 is 0 Å². The van der Waals surface area contributed by atoms with Gasteiger partial charge in [-0.25, -0.2) is 0 Å². The first kappa shape index (κ1) is 57.9. The third kappa shape index (κ3) is 18.0. The fourth-order valence-corrected chi connectivity index (χ4v) is 9.29. The van der Waals surface area contributed by atoms with E-state index in [1.165, 1.54) is 0 Å². The van der Waals surface area contributed by atoms with Gasteiger partial charge in [0, 0.05) is 65.6 Å². The van der Waals surface area contributed by atoms with Crippen LogP contribution in [0.5, 0.6) is 0 Å². The Labute approximate surface area is 392 Å². The van der Waals surface area contributed by atoms with Gasteiger partial charge in [-0.1, -0.05) is 85.2 Å². The van der Waals surface area contributed by atoms with Crippen molar-refractivity contribution in [1.82, 2.24) is 14.7 Å². The normalized spacial score (nSPS) is 18.1. The molecule has 1 unspecified atom stereocenters. The summed E-state index contributed by atoms with van der Waals surface area (Å²) in [5.41, 5.74) is 0.911. The highest BCUT2D eigenvalue weighted by molar-refractivity contribution is 5.90. The molecule has 0 N–H and O–H groups in total. The third-order valence-corrected chi connectivity index (χ3v) is 13.5. The Hall–Kier alpha value is -3.27. The van der Waals surface area contributed by atoms with E-state index in [1.54, 1.807) is 33.3 Å². The van der Waals surface area contributed by atoms with Gasteiger partial charge in [0.25, 0.3) is 0 Å². The summed E-state index contributed by atoms with van der Waals surface area (Å²) in [6.07, 6.45) is 1.30. The van der Waals surface area contributed by atoms with Gasteiger partial charge in [-0.15, -0.1) is 0 Å². The standard InChI is InChI=1S/C51H87N3O11/c1-15-37(8)48(53(11)50(58)41(34(2)3)32-44(56)47(35(4)5)52(10)36(6)7)45(61-13)33-46(57)54-23-19-22-42(54)49(62-14)38(9)43(55)31-40(30-39-20-17-16-18-21-39)51(59)65-29-28-64-27-26-63-25-24-60-12/h16-18,20-21,34-38,40-42,45,47-49H,15,19,22-33H2,1-14H3/t37-,38-,40+,41-,42-,45?,47-,48-,49+/m0/s1. The minimum Gasteiger partial charge on any atom is -0.463 e. The molecule has 0 radical (unpaired) electrons. The summed E-state index contributed by atoms with van der Waals surface area (Å²) < 4.78 is 33.7. The predicted octanol–water partition coefficient (Wildman–Crippen LogP) is 6.54. The number of likely N-dealkylation sites (N-methyl/N-ethyl adjacent to an activating group) is 2. The van der Waals surface area contributed by atoms with Crippen LogP contribution in [0.4, 0.5) is 0 Å². The Morgan fingerprint density at radius 3 is 1.91 bits per heavy atom. The third-order valence-electron chi connectivity index (χ3n) is 13.5. The zero-order chi connectivity index (χ0) is 48.8. The van der Waals surface area contributed by atoms with Gasteiger partial charge in [0.15, 0.2) is 5.78 Å². The number of ether oxygens (including phenoxy) is 6. The van der Waals surface area contributed by atoms with Crippen molar-refractivity contribution in [1.29, 1.82) is 0 Å². The summed E-state index contributed by atoms with van der Waals surface area (Å²) in [4.78, 5) is 76.2. The zero-order valence-corrected chi connectivity index (χ0v) is 42.5. The van der Waals surface area contributed by atoms with Gasteiger partial charge in [0.2, 0.25) is 11.8 Å². The number of benzene rings is 1. The van der Waals surface area contributed by atoms with Crippen molar-refractivity contribution in [2.75, 3.05) is 81.6 Å². The molecule has 1 saturated heterocycles. The van der Waals surface area contributed by atoms with Crippen LogP contribution in [0.2, 0.25) is 0 Å². The SMILES string of the molecule is CC[C@H](C)[C@@H](C(CC(=O)N1CCC[C@H]1[C@H](OC)[C@@H](C)C(=O)C[C@@H](Cc1ccccc1)C(=O)OCCOCCOCCOC)OC)N(C)C(=O)[C@@H](CC(=O)[C@H](C(C)C)N(C)C(C)C)C(C)C. The smallest absolute Gasteiger partial charge is 0.309 e. The molecule has 1 aliphatic rings. The number of amides is 2. The summed E-state index contributed by atoms with van der Waals surface area (Å²) in [6.45, 7) is 20.6. The van der Waals surface area contributed by atoms with E-state index < -0.39 is 42.0 Å². The highest BCUT2D eigenvalue weighted by atomic mass is 16.6. The number of esters is 1. The van der Waals surface area contributed by atoms with E-state index in [0.29, 0.717) is 45.8 Å². The molecule has 1 fully saturated rings. The second-order valence-corrected chi connectivity index (χ2v) is 19.0. The Morgan fingerprint density at radius 1 is 0.754 bits per heavy atom. The first-order chi connectivity index (χ1) is 30.9. The van der Waals surface area contributed by atoms with Crippen LogP contribution in [0, 0.1) is 35.5 Å². The van der Waals surface area contributed by atoms with Crippen molar-refractivity contribution in [2.45, 2.75) is 144 Å². The molecular weight excluding hydrogens is 831 g/mol. The quantitative estimate of drug-likeness (QED) is 0.0557. The number of hydrogen-bond donors (Lipinski definition) is 0. The average molecular weight is 918 g/mol. The van der Waals surface area contributed by atoms with Crippen LogP contribution < -0.4 is 0 Å². The molecule has 0 bridgehead atoms. The number of ketones is 2. The summed E-state index contributed by atoms with van der Waals surface area (Å²) in [7, 11) is 8.49. The number of carbonyl (C=O) groups is 5. The Balaban J connectivity index is 2.24. The first-order valence-electron chi connectivity index (χ1n) is 24.1. The fourth-order valence-electron chi connectivity index (χ4n) is 9.29. The van der Waals surface area contributed by atoms with E-state index in [2.05, 4.69) is 32.6 Å². The Bertz CT molecular complexity index is 1560. The van der Waals surface area contributed by atoms with Crippen molar-refractivity contribution in [3.63, 3.8) is 0 Å². The molecule has 372 valence electrons. The van der Waals surface area contributed by atoms with Crippen molar-refractivity contribution >= 4 is 29.4 Å². The van der Waals surface area contributed by atoms with E-state index in [9.17, 15) is 24.0 Å². The highest BCUT2D eigenvalue weighted by Crippen LogP contribution is 2.32. The van der Waals surface area contributed by atoms with Crippen LogP contribution in [0.15, 0.2) is 30.3 Å². The maximum atomic E-state index is 14.5. The Morgan fingerprint density at radius 2 is 1.37 bits per heavy atom. The molecular formula is C51H87N3O11. The van der Waals surface area contributed by atoms with Gasteiger partial charge in [-0.2, -0.15) is 0 Å². The van der Waals surface area contributed by atoms with Crippen LogP contribution in [-0.4, -0.2) is 162 Å². The Kier molecular flexibility index (Phi) is 26.9. The first-order valence-corrected chi connectivity index (χ1v) is 24.1. The minimum absolute atomic E-state index is 0.0201. The van der Waals surface area contributed by atoms with Crippen LogP contribution >= 0.6 is 0 Å². The van der Waals surface area contributed by atoms with Crippen LogP contribution in [0.3, 0.4) is 0 Å². The van der Waals surface area contributed by atoms with E-state index in [-0.39, 0.29) is 91.7 Å². The highest BCUT2D eigenvalue weighted by Gasteiger charge is 2.44.